The number of nitrogens with zero attached hydrogens (tertiary/aromatic N) is 2. The summed E-state index contributed by atoms with van der Waals surface area (Å²) >= 11 is 0. The van der Waals surface area contributed by atoms with Crippen LogP contribution in [-0.2, 0) is 0 Å². The molecule has 3 heteroatoms. The first-order chi connectivity index (χ1) is 11.2. The standard InChI is InChI=1S/C20H20N2O/c1-16-6-4-10-20(12-16)23-11-3-2-8-19(15-22)18-9-5-7-17(13-18)14-21/h4-7,9-10,12-13,19H,2-3,8,11H2,1H3. The zero-order valence-corrected chi connectivity index (χ0v) is 13.3. The molecule has 0 fully saturated rings. The Bertz CT molecular complexity index is 725. The van der Waals surface area contributed by atoms with Crippen LogP contribution in [0.3, 0.4) is 0 Å². The van der Waals surface area contributed by atoms with Crippen molar-refractivity contribution in [3.63, 3.8) is 0 Å². The molecule has 0 saturated carbocycles. The summed E-state index contributed by atoms with van der Waals surface area (Å²) in [4.78, 5) is 0. The minimum Gasteiger partial charge on any atom is -0.494 e. The van der Waals surface area contributed by atoms with Crippen molar-refractivity contribution < 1.29 is 4.74 Å². The molecule has 23 heavy (non-hydrogen) atoms. The molecule has 0 spiro atoms. The van der Waals surface area contributed by atoms with Gasteiger partial charge in [0.1, 0.15) is 5.75 Å². The van der Waals surface area contributed by atoms with E-state index in [1.54, 1.807) is 12.1 Å². The van der Waals surface area contributed by atoms with E-state index in [0.717, 1.165) is 30.6 Å². The molecule has 2 rings (SSSR count). The van der Waals surface area contributed by atoms with Gasteiger partial charge in [-0.3, -0.25) is 0 Å². The highest BCUT2D eigenvalue weighted by Crippen LogP contribution is 2.22. The predicted octanol–water partition coefficient (Wildman–Crippen LogP) is 4.72. The smallest absolute Gasteiger partial charge is 0.119 e. The number of ether oxygens (including phenoxy) is 1. The van der Waals surface area contributed by atoms with E-state index in [2.05, 4.69) is 12.1 Å². The molecule has 0 N–H and O–H groups in total. The quantitative estimate of drug-likeness (QED) is 0.695. The lowest BCUT2D eigenvalue weighted by molar-refractivity contribution is 0.304. The topological polar surface area (TPSA) is 56.8 Å². The maximum Gasteiger partial charge on any atom is 0.119 e. The monoisotopic (exact) mass is 304 g/mol. The molecule has 0 radical (unpaired) electrons. The Balaban J connectivity index is 1.78. The van der Waals surface area contributed by atoms with Crippen LogP contribution < -0.4 is 4.74 Å². The third kappa shape index (κ3) is 5.16. The van der Waals surface area contributed by atoms with E-state index in [9.17, 15) is 5.26 Å². The Labute approximate surface area is 137 Å². The van der Waals surface area contributed by atoms with Gasteiger partial charge >= 0.3 is 0 Å². The summed E-state index contributed by atoms with van der Waals surface area (Å²) in [5.74, 6) is 0.728. The SMILES string of the molecule is Cc1cccc(OCCCCC(C#N)c2cccc(C#N)c2)c1. The summed E-state index contributed by atoms with van der Waals surface area (Å²) in [6.07, 6.45) is 2.60. The molecule has 0 aromatic heterocycles. The van der Waals surface area contributed by atoms with Crippen LogP contribution >= 0.6 is 0 Å². The number of aryl methyl sites for hydroxylation is 1. The highest BCUT2D eigenvalue weighted by Gasteiger charge is 2.10. The van der Waals surface area contributed by atoms with E-state index in [1.807, 2.05) is 43.3 Å². The molecule has 1 atom stereocenters. The van der Waals surface area contributed by atoms with E-state index in [-0.39, 0.29) is 5.92 Å². The van der Waals surface area contributed by atoms with Crippen molar-refractivity contribution in [2.45, 2.75) is 32.1 Å². The summed E-state index contributed by atoms with van der Waals surface area (Å²) in [5, 5.41) is 18.3. The molecule has 0 aliphatic rings. The number of rotatable bonds is 7. The average molecular weight is 304 g/mol. The normalized spacial score (nSPS) is 11.3. The van der Waals surface area contributed by atoms with Gasteiger partial charge in [0.25, 0.3) is 0 Å². The fraction of sp³-hybridized carbons (Fsp3) is 0.300. The second kappa shape index (κ2) is 8.61. The van der Waals surface area contributed by atoms with Crippen LogP contribution in [0.4, 0.5) is 0 Å². The van der Waals surface area contributed by atoms with E-state index < -0.39 is 0 Å². The zero-order valence-electron chi connectivity index (χ0n) is 13.3. The van der Waals surface area contributed by atoms with Crippen LogP contribution in [-0.4, -0.2) is 6.61 Å². The lowest BCUT2D eigenvalue weighted by atomic mass is 9.94. The number of benzene rings is 2. The van der Waals surface area contributed by atoms with E-state index >= 15 is 0 Å². The van der Waals surface area contributed by atoms with Gasteiger partial charge in [-0.1, -0.05) is 24.3 Å². The van der Waals surface area contributed by atoms with E-state index in [0.29, 0.717) is 12.2 Å². The Hall–Kier alpha value is -2.78. The van der Waals surface area contributed by atoms with Crippen molar-refractivity contribution in [1.29, 1.82) is 10.5 Å². The van der Waals surface area contributed by atoms with Gasteiger partial charge in [-0.25, -0.2) is 0 Å². The maximum atomic E-state index is 9.34. The molecule has 116 valence electrons. The molecular weight excluding hydrogens is 284 g/mol. The van der Waals surface area contributed by atoms with Crippen LogP contribution in [0.15, 0.2) is 48.5 Å². The molecule has 0 bridgehead atoms. The van der Waals surface area contributed by atoms with Gasteiger partial charge in [0.15, 0.2) is 0 Å². The third-order valence-electron chi connectivity index (χ3n) is 3.72. The number of hydrogen-bond acceptors (Lipinski definition) is 3. The molecule has 1 unspecified atom stereocenters. The minimum absolute atomic E-state index is 0.165. The van der Waals surface area contributed by atoms with Crippen molar-refractivity contribution in [3.8, 4) is 17.9 Å². The summed E-state index contributed by atoms with van der Waals surface area (Å²) in [5.41, 5.74) is 2.71. The van der Waals surface area contributed by atoms with Crippen LogP contribution in [0.2, 0.25) is 0 Å². The largest absolute Gasteiger partial charge is 0.494 e. The molecule has 0 amide bonds. The van der Waals surface area contributed by atoms with E-state index in [1.165, 1.54) is 5.56 Å². The van der Waals surface area contributed by atoms with Gasteiger partial charge in [0.2, 0.25) is 0 Å². The Kier molecular flexibility index (Phi) is 6.21. The first-order valence-corrected chi connectivity index (χ1v) is 7.82. The number of hydrogen-bond donors (Lipinski definition) is 0. The van der Waals surface area contributed by atoms with Crippen LogP contribution in [0.25, 0.3) is 0 Å². The Morgan fingerprint density at radius 2 is 1.87 bits per heavy atom. The highest BCUT2D eigenvalue weighted by molar-refractivity contribution is 5.36. The average Bonchev–Trinajstić information content (AvgIpc) is 2.58. The second-order valence-corrected chi connectivity index (χ2v) is 5.58. The fourth-order valence-corrected chi connectivity index (χ4v) is 2.48. The molecule has 0 aliphatic heterocycles. The van der Waals surface area contributed by atoms with Crippen molar-refractivity contribution in [3.05, 3.63) is 65.2 Å². The molecule has 0 saturated heterocycles. The van der Waals surface area contributed by atoms with Crippen molar-refractivity contribution in [2.75, 3.05) is 6.61 Å². The summed E-state index contributed by atoms with van der Waals surface area (Å²) in [6, 6.07) is 19.8. The Morgan fingerprint density at radius 1 is 1.04 bits per heavy atom. The fourth-order valence-electron chi connectivity index (χ4n) is 2.48. The van der Waals surface area contributed by atoms with Gasteiger partial charge in [-0.2, -0.15) is 10.5 Å². The summed E-state index contributed by atoms with van der Waals surface area (Å²) < 4.78 is 5.72. The molecular formula is C20H20N2O. The predicted molar refractivity (Wildman–Crippen MR) is 90.0 cm³/mol. The minimum atomic E-state index is -0.165. The van der Waals surface area contributed by atoms with E-state index in [4.69, 9.17) is 10.00 Å². The second-order valence-electron chi connectivity index (χ2n) is 5.58. The molecule has 2 aromatic carbocycles. The van der Waals surface area contributed by atoms with Gasteiger partial charge in [-0.15, -0.1) is 0 Å². The molecule has 0 heterocycles. The van der Waals surface area contributed by atoms with Gasteiger partial charge < -0.3 is 4.74 Å². The van der Waals surface area contributed by atoms with Crippen molar-refractivity contribution >= 4 is 0 Å². The summed E-state index contributed by atoms with van der Waals surface area (Å²) in [7, 11) is 0. The third-order valence-corrected chi connectivity index (χ3v) is 3.72. The van der Waals surface area contributed by atoms with Crippen LogP contribution in [0, 0.1) is 29.6 Å². The van der Waals surface area contributed by atoms with Crippen LogP contribution in [0.5, 0.6) is 5.75 Å². The van der Waals surface area contributed by atoms with Crippen LogP contribution in [0.1, 0.15) is 41.9 Å². The molecule has 2 aromatic rings. The number of unbranched alkanes of at least 4 members (excludes halogenated alkanes) is 1. The lowest BCUT2D eigenvalue weighted by Crippen LogP contribution is -2.01. The first-order valence-electron chi connectivity index (χ1n) is 7.82. The molecule has 0 aliphatic carbocycles. The first kappa shape index (κ1) is 16.6. The highest BCUT2D eigenvalue weighted by atomic mass is 16.5. The summed E-state index contributed by atoms with van der Waals surface area (Å²) in [6.45, 7) is 2.69. The zero-order chi connectivity index (χ0) is 16.5. The van der Waals surface area contributed by atoms with Gasteiger partial charge in [-0.05, 0) is 61.6 Å². The lowest BCUT2D eigenvalue weighted by Gasteiger charge is -2.10. The van der Waals surface area contributed by atoms with Crippen molar-refractivity contribution in [2.24, 2.45) is 0 Å². The van der Waals surface area contributed by atoms with Gasteiger partial charge in [0, 0.05) is 0 Å². The molecule has 3 nitrogen and oxygen atoms in total. The number of nitriles is 2. The van der Waals surface area contributed by atoms with Crippen molar-refractivity contribution in [1.82, 2.24) is 0 Å². The Morgan fingerprint density at radius 3 is 2.61 bits per heavy atom. The maximum absolute atomic E-state index is 9.34. The van der Waals surface area contributed by atoms with Gasteiger partial charge in [0.05, 0.1) is 30.2 Å².